The summed E-state index contributed by atoms with van der Waals surface area (Å²) in [6.07, 6.45) is 0. The fraction of sp³-hybridized carbons (Fsp3) is 0.0769. The second kappa shape index (κ2) is 5.27. The van der Waals surface area contributed by atoms with Crippen LogP contribution in [0.25, 0.3) is 0 Å². The van der Waals surface area contributed by atoms with Crippen LogP contribution < -0.4 is 4.90 Å². The van der Waals surface area contributed by atoms with Gasteiger partial charge in [-0.05, 0) is 40.2 Å². The third-order valence-corrected chi connectivity index (χ3v) is 2.89. The SMILES string of the molecule is CN(C(=O)c1cccc(Br)n1)c1ccccc1F. The number of amides is 1. The highest BCUT2D eigenvalue weighted by molar-refractivity contribution is 9.10. The van der Waals surface area contributed by atoms with Gasteiger partial charge in [-0.1, -0.05) is 18.2 Å². The molecule has 0 aliphatic carbocycles. The molecule has 0 aliphatic rings. The molecule has 0 saturated heterocycles. The standard InChI is InChI=1S/C13H10BrFN2O/c1-17(11-7-3-2-5-9(11)15)13(18)10-6-4-8-12(14)16-10/h2-8H,1H3. The summed E-state index contributed by atoms with van der Waals surface area (Å²) in [6, 6.07) is 11.1. The number of nitrogens with zero attached hydrogens (tertiary/aromatic N) is 2. The van der Waals surface area contributed by atoms with E-state index in [0.717, 1.165) is 0 Å². The van der Waals surface area contributed by atoms with Crippen molar-refractivity contribution in [1.29, 1.82) is 0 Å². The Morgan fingerprint density at radius 1 is 1.22 bits per heavy atom. The number of para-hydroxylation sites is 1. The maximum atomic E-state index is 13.6. The molecule has 0 saturated carbocycles. The van der Waals surface area contributed by atoms with E-state index in [-0.39, 0.29) is 17.3 Å². The Kier molecular flexibility index (Phi) is 3.72. The molecular weight excluding hydrogens is 299 g/mol. The third-order valence-electron chi connectivity index (χ3n) is 2.45. The minimum absolute atomic E-state index is 0.226. The van der Waals surface area contributed by atoms with Gasteiger partial charge in [0, 0.05) is 7.05 Å². The first-order valence-electron chi connectivity index (χ1n) is 5.25. The number of anilines is 1. The largest absolute Gasteiger partial charge is 0.307 e. The minimum Gasteiger partial charge on any atom is -0.307 e. The van der Waals surface area contributed by atoms with E-state index >= 15 is 0 Å². The fourth-order valence-corrected chi connectivity index (χ4v) is 1.88. The van der Waals surface area contributed by atoms with Crippen LogP contribution in [0.1, 0.15) is 10.5 Å². The molecule has 0 aliphatic heterocycles. The quantitative estimate of drug-likeness (QED) is 0.798. The Labute approximate surface area is 112 Å². The van der Waals surface area contributed by atoms with Gasteiger partial charge in [0.25, 0.3) is 5.91 Å². The molecule has 5 heteroatoms. The predicted molar refractivity (Wildman–Crippen MR) is 71.1 cm³/mol. The lowest BCUT2D eigenvalue weighted by Crippen LogP contribution is -2.27. The Hall–Kier alpha value is -1.75. The summed E-state index contributed by atoms with van der Waals surface area (Å²) in [5.74, 6) is -0.801. The first-order valence-corrected chi connectivity index (χ1v) is 6.04. The van der Waals surface area contributed by atoms with Gasteiger partial charge in [-0.2, -0.15) is 0 Å². The molecule has 18 heavy (non-hydrogen) atoms. The summed E-state index contributed by atoms with van der Waals surface area (Å²) in [5.41, 5.74) is 0.486. The maximum Gasteiger partial charge on any atom is 0.276 e. The highest BCUT2D eigenvalue weighted by Gasteiger charge is 2.17. The third kappa shape index (κ3) is 2.56. The van der Waals surface area contributed by atoms with E-state index in [9.17, 15) is 9.18 Å². The van der Waals surface area contributed by atoms with Crippen LogP contribution in [0.4, 0.5) is 10.1 Å². The summed E-state index contributed by atoms with van der Waals surface area (Å²) >= 11 is 3.19. The Morgan fingerprint density at radius 2 is 1.94 bits per heavy atom. The van der Waals surface area contributed by atoms with Crippen LogP contribution in [0.3, 0.4) is 0 Å². The van der Waals surface area contributed by atoms with Gasteiger partial charge in [0.1, 0.15) is 16.1 Å². The van der Waals surface area contributed by atoms with Crippen molar-refractivity contribution in [2.75, 3.05) is 11.9 Å². The molecule has 0 bridgehead atoms. The van der Waals surface area contributed by atoms with Crippen molar-refractivity contribution >= 4 is 27.5 Å². The average Bonchev–Trinajstić information content (AvgIpc) is 2.37. The average molecular weight is 309 g/mol. The van der Waals surface area contributed by atoms with Gasteiger partial charge in [0.05, 0.1) is 5.69 Å². The van der Waals surface area contributed by atoms with Crippen molar-refractivity contribution in [2.45, 2.75) is 0 Å². The zero-order valence-corrected chi connectivity index (χ0v) is 11.2. The number of carbonyl (C=O) groups excluding carboxylic acids is 1. The van der Waals surface area contributed by atoms with Gasteiger partial charge >= 0.3 is 0 Å². The zero-order valence-electron chi connectivity index (χ0n) is 9.60. The van der Waals surface area contributed by atoms with Gasteiger partial charge in [-0.25, -0.2) is 9.37 Å². The van der Waals surface area contributed by atoms with Crippen LogP contribution in [0, 0.1) is 5.82 Å². The van der Waals surface area contributed by atoms with E-state index in [4.69, 9.17) is 0 Å². The smallest absolute Gasteiger partial charge is 0.276 e. The number of carbonyl (C=O) groups is 1. The van der Waals surface area contributed by atoms with Crippen LogP contribution in [0.5, 0.6) is 0 Å². The van der Waals surface area contributed by atoms with Crippen LogP contribution in [-0.2, 0) is 0 Å². The molecule has 0 spiro atoms. The molecule has 2 aromatic rings. The number of aromatic nitrogens is 1. The van der Waals surface area contributed by atoms with Gasteiger partial charge in [-0.15, -0.1) is 0 Å². The Bertz CT molecular complexity index is 589. The molecule has 0 N–H and O–H groups in total. The number of pyridine rings is 1. The van der Waals surface area contributed by atoms with Gasteiger partial charge in [0.15, 0.2) is 0 Å². The lowest BCUT2D eigenvalue weighted by Gasteiger charge is -2.17. The Balaban J connectivity index is 2.32. The predicted octanol–water partition coefficient (Wildman–Crippen LogP) is 3.26. The first-order chi connectivity index (χ1) is 8.59. The molecule has 0 fully saturated rings. The van der Waals surface area contributed by atoms with E-state index in [2.05, 4.69) is 20.9 Å². The van der Waals surface area contributed by atoms with Crippen LogP contribution >= 0.6 is 15.9 Å². The molecule has 2 rings (SSSR count). The molecule has 1 aromatic carbocycles. The van der Waals surface area contributed by atoms with E-state index < -0.39 is 5.82 Å². The van der Waals surface area contributed by atoms with E-state index in [1.54, 1.807) is 36.4 Å². The molecule has 0 unspecified atom stereocenters. The number of benzene rings is 1. The van der Waals surface area contributed by atoms with Crippen LogP contribution in [0.15, 0.2) is 47.1 Å². The summed E-state index contributed by atoms with van der Waals surface area (Å²) in [4.78, 5) is 17.4. The van der Waals surface area contributed by atoms with Crippen molar-refractivity contribution in [2.24, 2.45) is 0 Å². The second-order valence-electron chi connectivity index (χ2n) is 3.66. The molecular formula is C13H10BrFN2O. The topological polar surface area (TPSA) is 33.2 Å². The van der Waals surface area contributed by atoms with Crippen molar-refractivity contribution in [3.63, 3.8) is 0 Å². The van der Waals surface area contributed by atoms with Crippen LogP contribution in [-0.4, -0.2) is 17.9 Å². The summed E-state index contributed by atoms with van der Waals surface area (Å²) in [6.45, 7) is 0. The summed E-state index contributed by atoms with van der Waals surface area (Å²) in [5, 5.41) is 0. The van der Waals surface area contributed by atoms with Gasteiger partial charge in [0.2, 0.25) is 0 Å². The fourth-order valence-electron chi connectivity index (χ4n) is 1.53. The molecule has 92 valence electrons. The highest BCUT2D eigenvalue weighted by atomic mass is 79.9. The van der Waals surface area contributed by atoms with E-state index in [1.807, 2.05) is 0 Å². The normalized spacial score (nSPS) is 10.2. The molecule has 1 amide bonds. The van der Waals surface area contributed by atoms with Crippen molar-refractivity contribution in [3.8, 4) is 0 Å². The van der Waals surface area contributed by atoms with Crippen molar-refractivity contribution in [1.82, 2.24) is 4.98 Å². The second-order valence-corrected chi connectivity index (χ2v) is 4.47. The van der Waals surface area contributed by atoms with Gasteiger partial charge in [-0.3, -0.25) is 4.79 Å². The monoisotopic (exact) mass is 308 g/mol. The first kappa shape index (κ1) is 12.7. The number of hydrogen-bond acceptors (Lipinski definition) is 2. The summed E-state index contributed by atoms with van der Waals surface area (Å²) in [7, 11) is 1.52. The highest BCUT2D eigenvalue weighted by Crippen LogP contribution is 2.19. The number of rotatable bonds is 2. The molecule has 1 aromatic heterocycles. The Morgan fingerprint density at radius 3 is 2.61 bits per heavy atom. The summed E-state index contributed by atoms with van der Waals surface area (Å²) < 4.78 is 14.1. The lowest BCUT2D eigenvalue weighted by atomic mass is 10.2. The van der Waals surface area contributed by atoms with Crippen molar-refractivity contribution in [3.05, 3.63) is 58.6 Å². The molecule has 0 radical (unpaired) electrons. The zero-order chi connectivity index (χ0) is 13.1. The maximum absolute atomic E-state index is 13.6. The number of halogens is 2. The van der Waals surface area contributed by atoms with Crippen LogP contribution in [0.2, 0.25) is 0 Å². The van der Waals surface area contributed by atoms with Gasteiger partial charge < -0.3 is 4.90 Å². The van der Waals surface area contributed by atoms with E-state index in [0.29, 0.717) is 4.60 Å². The molecule has 3 nitrogen and oxygen atoms in total. The lowest BCUT2D eigenvalue weighted by molar-refractivity contribution is 0.0987. The molecule has 0 atom stereocenters. The van der Waals surface area contributed by atoms with Crippen molar-refractivity contribution < 1.29 is 9.18 Å². The molecule has 1 heterocycles. The minimum atomic E-state index is -0.441. The van der Waals surface area contributed by atoms with E-state index in [1.165, 1.54) is 18.0 Å². The number of hydrogen-bond donors (Lipinski definition) is 0.